The smallest absolute Gasteiger partial charge is 0.344 e. The first-order valence-corrected chi connectivity index (χ1v) is 16.0. The molecule has 0 atom stereocenters. The van der Waals surface area contributed by atoms with Crippen molar-refractivity contribution >= 4 is 33.7 Å². The van der Waals surface area contributed by atoms with Crippen molar-refractivity contribution in [2.45, 2.75) is 18.9 Å². The van der Waals surface area contributed by atoms with Crippen molar-refractivity contribution in [1.82, 2.24) is 0 Å². The molecule has 8 heteroatoms. The maximum atomic E-state index is 12.7. The first kappa shape index (κ1) is 31.0. The van der Waals surface area contributed by atoms with Gasteiger partial charge in [-0.2, -0.15) is 0 Å². The van der Waals surface area contributed by atoms with Crippen LogP contribution in [0.2, 0.25) is 0 Å². The van der Waals surface area contributed by atoms with Gasteiger partial charge in [-0.1, -0.05) is 67.2 Å². The Balaban J connectivity index is 1.06. The molecule has 2 aromatic heterocycles. The van der Waals surface area contributed by atoms with Crippen molar-refractivity contribution < 1.29 is 23.0 Å². The van der Waals surface area contributed by atoms with Crippen LogP contribution in [-0.2, 0) is 4.74 Å². The van der Waals surface area contributed by atoms with Gasteiger partial charge in [-0.15, -0.1) is 11.8 Å². The molecule has 0 aliphatic heterocycles. The Labute approximate surface area is 270 Å². The van der Waals surface area contributed by atoms with Crippen molar-refractivity contribution in [1.29, 1.82) is 0 Å². The molecule has 0 saturated carbocycles. The molecule has 0 saturated heterocycles. The highest BCUT2D eigenvalue weighted by atomic mass is 32.2. The van der Waals surface area contributed by atoms with Crippen LogP contribution in [0.4, 0.5) is 0 Å². The second-order valence-corrected chi connectivity index (χ2v) is 11.4. The van der Waals surface area contributed by atoms with Crippen LogP contribution in [0.3, 0.4) is 0 Å². The van der Waals surface area contributed by atoms with Gasteiger partial charge in [0, 0.05) is 35.7 Å². The van der Waals surface area contributed by atoms with Crippen molar-refractivity contribution in [2.75, 3.05) is 19.2 Å². The van der Waals surface area contributed by atoms with Gasteiger partial charge in [0.15, 0.2) is 0 Å². The molecule has 0 N–H and O–H groups in total. The lowest BCUT2D eigenvalue weighted by molar-refractivity contribution is 0.0535. The maximum absolute atomic E-state index is 12.7. The van der Waals surface area contributed by atoms with Crippen LogP contribution in [0.25, 0.3) is 44.2 Å². The third-order valence-electron chi connectivity index (χ3n) is 7.49. The molecular formula is C38H32O7S. The standard InChI is InChI=1S/C38H32O7S/c1-2-46-25-43-30(17-19-41-31-15-13-28-21-33(26-9-5-3-6-10-26)37(39)44-35(28)23-31)18-20-42-32-16-14-29-22-34(27-11-7-4-8-12-27)38(40)45-36(29)24-32/h2-16,21-24,30H,1,17-20,25H2. The zero-order valence-corrected chi connectivity index (χ0v) is 25.9. The Morgan fingerprint density at radius 2 is 1.13 bits per heavy atom. The van der Waals surface area contributed by atoms with E-state index in [4.69, 9.17) is 23.0 Å². The maximum Gasteiger partial charge on any atom is 0.344 e. The normalized spacial score (nSPS) is 11.2. The van der Waals surface area contributed by atoms with E-state index < -0.39 is 11.3 Å². The highest BCUT2D eigenvalue weighted by molar-refractivity contribution is 8.01. The van der Waals surface area contributed by atoms with Gasteiger partial charge in [-0.3, -0.25) is 0 Å². The Bertz CT molecular complexity index is 1910. The first-order chi connectivity index (χ1) is 22.6. The molecule has 0 bridgehead atoms. The highest BCUT2D eigenvalue weighted by Crippen LogP contribution is 2.26. The minimum Gasteiger partial charge on any atom is -0.493 e. The van der Waals surface area contributed by atoms with E-state index >= 15 is 0 Å². The molecule has 0 unspecified atom stereocenters. The molecule has 0 aliphatic carbocycles. The van der Waals surface area contributed by atoms with Crippen molar-refractivity contribution in [3.63, 3.8) is 0 Å². The van der Waals surface area contributed by atoms with Gasteiger partial charge in [-0.05, 0) is 52.9 Å². The number of hydrogen-bond donors (Lipinski definition) is 0. The van der Waals surface area contributed by atoms with Crippen LogP contribution < -0.4 is 20.7 Å². The average Bonchev–Trinajstić information content (AvgIpc) is 3.08. The van der Waals surface area contributed by atoms with E-state index in [1.165, 1.54) is 11.8 Å². The van der Waals surface area contributed by atoms with E-state index in [1.807, 2.05) is 97.1 Å². The fraction of sp³-hybridized carbons (Fsp3) is 0.158. The predicted octanol–water partition coefficient (Wildman–Crippen LogP) is 8.69. The summed E-state index contributed by atoms with van der Waals surface area (Å²) in [5.74, 6) is 1.67. The van der Waals surface area contributed by atoms with E-state index in [-0.39, 0.29) is 6.10 Å². The van der Waals surface area contributed by atoms with Crippen LogP contribution in [0.15, 0.2) is 140 Å². The Morgan fingerprint density at radius 1 is 0.652 bits per heavy atom. The second-order valence-electron chi connectivity index (χ2n) is 10.5. The van der Waals surface area contributed by atoms with Gasteiger partial charge in [0.25, 0.3) is 0 Å². The second kappa shape index (κ2) is 14.8. The SMILES string of the molecule is C=CSCOC(CCOc1ccc2cc(-c3ccccc3)c(=O)oc2c1)CCOc1ccc2cc(-c3ccccc3)c(=O)oc2c1. The van der Waals surface area contributed by atoms with Crippen molar-refractivity contribution in [2.24, 2.45) is 0 Å². The number of hydrogen-bond acceptors (Lipinski definition) is 8. The fourth-order valence-corrected chi connectivity index (χ4v) is 5.48. The van der Waals surface area contributed by atoms with Gasteiger partial charge >= 0.3 is 11.3 Å². The third kappa shape index (κ3) is 7.59. The van der Waals surface area contributed by atoms with Crippen LogP contribution in [0, 0.1) is 0 Å². The number of benzene rings is 4. The summed E-state index contributed by atoms with van der Waals surface area (Å²) in [5, 5.41) is 3.37. The summed E-state index contributed by atoms with van der Waals surface area (Å²) >= 11 is 1.48. The van der Waals surface area contributed by atoms with E-state index in [0.29, 0.717) is 65.8 Å². The summed E-state index contributed by atoms with van der Waals surface area (Å²) in [5.41, 5.74) is 2.81. The zero-order valence-electron chi connectivity index (χ0n) is 25.1. The molecule has 0 radical (unpaired) electrons. The molecule has 46 heavy (non-hydrogen) atoms. The molecule has 6 aromatic rings. The van der Waals surface area contributed by atoms with Crippen LogP contribution in [-0.4, -0.2) is 25.3 Å². The van der Waals surface area contributed by atoms with Crippen LogP contribution in [0.5, 0.6) is 11.5 Å². The minimum atomic E-state index is -0.394. The number of thioether (sulfide) groups is 1. The molecular weight excluding hydrogens is 600 g/mol. The number of rotatable bonds is 14. The molecule has 2 heterocycles. The lowest BCUT2D eigenvalue weighted by atomic mass is 10.1. The van der Waals surface area contributed by atoms with E-state index in [2.05, 4.69) is 6.58 Å². The monoisotopic (exact) mass is 632 g/mol. The molecule has 4 aromatic carbocycles. The third-order valence-corrected chi connectivity index (χ3v) is 8.00. The number of ether oxygens (including phenoxy) is 3. The summed E-state index contributed by atoms with van der Waals surface area (Å²) < 4.78 is 29.3. The summed E-state index contributed by atoms with van der Waals surface area (Å²) in [7, 11) is 0. The van der Waals surface area contributed by atoms with Crippen molar-refractivity contribution in [3.05, 3.63) is 142 Å². The van der Waals surface area contributed by atoms with E-state index in [0.717, 1.165) is 21.9 Å². The van der Waals surface area contributed by atoms with Crippen LogP contribution in [0.1, 0.15) is 12.8 Å². The largest absolute Gasteiger partial charge is 0.493 e. The van der Waals surface area contributed by atoms with Crippen molar-refractivity contribution in [3.8, 4) is 33.8 Å². The lowest BCUT2D eigenvalue weighted by Gasteiger charge is -2.18. The first-order valence-electron chi connectivity index (χ1n) is 14.9. The average molecular weight is 633 g/mol. The molecule has 6 rings (SSSR count). The van der Waals surface area contributed by atoms with Gasteiger partial charge in [-0.25, -0.2) is 9.59 Å². The van der Waals surface area contributed by atoms with Gasteiger partial charge in [0.05, 0.1) is 36.4 Å². The molecule has 0 aliphatic rings. The quantitative estimate of drug-likeness (QED) is 0.0670. The molecule has 0 amide bonds. The van der Waals surface area contributed by atoms with E-state index in [9.17, 15) is 9.59 Å². The number of fused-ring (bicyclic) bond motifs is 2. The van der Waals surface area contributed by atoms with Gasteiger partial charge in [0.2, 0.25) is 0 Å². The Hall–Kier alpha value is -5.05. The Morgan fingerprint density at radius 3 is 1.59 bits per heavy atom. The summed E-state index contributed by atoms with van der Waals surface area (Å²) in [6.07, 6.45) is 1.10. The van der Waals surface area contributed by atoms with E-state index in [1.54, 1.807) is 17.5 Å². The molecule has 0 fully saturated rings. The Kier molecular flexibility index (Phi) is 9.97. The lowest BCUT2D eigenvalue weighted by Crippen LogP contribution is -2.19. The zero-order chi connectivity index (χ0) is 31.7. The topological polar surface area (TPSA) is 88.1 Å². The van der Waals surface area contributed by atoms with Crippen LogP contribution >= 0.6 is 11.8 Å². The molecule has 232 valence electrons. The summed E-state index contributed by atoms with van der Waals surface area (Å²) in [6, 6.07) is 33.6. The minimum absolute atomic E-state index is 0.133. The van der Waals surface area contributed by atoms with Gasteiger partial charge in [0.1, 0.15) is 22.7 Å². The molecule has 7 nitrogen and oxygen atoms in total. The fourth-order valence-electron chi connectivity index (χ4n) is 5.11. The molecule has 0 spiro atoms. The predicted molar refractivity (Wildman–Crippen MR) is 184 cm³/mol. The summed E-state index contributed by atoms with van der Waals surface area (Å²) in [4.78, 5) is 25.3. The highest BCUT2D eigenvalue weighted by Gasteiger charge is 2.13. The van der Waals surface area contributed by atoms with Gasteiger partial charge < -0.3 is 23.0 Å². The summed E-state index contributed by atoms with van der Waals surface area (Å²) in [6.45, 7) is 4.53.